The summed E-state index contributed by atoms with van der Waals surface area (Å²) in [6.07, 6.45) is 4.74. The summed E-state index contributed by atoms with van der Waals surface area (Å²) < 4.78 is 11.8. The Kier molecular flexibility index (Phi) is 4.39. The van der Waals surface area contributed by atoms with E-state index >= 15 is 0 Å². The maximum atomic E-state index is 6.43. The molecule has 3 rings (SSSR count). The Morgan fingerprint density at radius 2 is 2.15 bits per heavy atom. The van der Waals surface area contributed by atoms with Crippen molar-refractivity contribution in [2.75, 3.05) is 13.2 Å². The smallest absolute Gasteiger partial charge is 0.0843 e. The molecule has 110 valence electrons. The zero-order valence-corrected chi connectivity index (χ0v) is 12.3. The number of hydrogen-bond acceptors (Lipinski definition) is 3. The van der Waals surface area contributed by atoms with Gasteiger partial charge in [-0.1, -0.05) is 24.3 Å². The Bertz CT molecular complexity index is 444. The summed E-state index contributed by atoms with van der Waals surface area (Å²) in [6.45, 7) is 3.60. The van der Waals surface area contributed by atoms with Crippen LogP contribution in [0.25, 0.3) is 0 Å². The Hall–Kier alpha value is -0.900. The monoisotopic (exact) mass is 275 g/mol. The highest BCUT2D eigenvalue weighted by Gasteiger charge is 2.37. The average Bonchev–Trinajstić information content (AvgIpc) is 3.29. The molecule has 1 aliphatic heterocycles. The maximum absolute atomic E-state index is 6.43. The van der Waals surface area contributed by atoms with E-state index in [4.69, 9.17) is 15.2 Å². The minimum atomic E-state index is 0.0682. The third-order valence-corrected chi connectivity index (χ3v) is 4.45. The molecule has 1 heterocycles. The number of ether oxygens (including phenoxy) is 2. The first-order valence-corrected chi connectivity index (χ1v) is 7.86. The van der Waals surface area contributed by atoms with Crippen molar-refractivity contribution < 1.29 is 9.47 Å². The minimum Gasteiger partial charge on any atom is -0.377 e. The van der Waals surface area contributed by atoms with Crippen LogP contribution in [0.2, 0.25) is 0 Å². The van der Waals surface area contributed by atoms with Crippen LogP contribution in [0.1, 0.15) is 43.4 Å². The van der Waals surface area contributed by atoms with E-state index in [1.807, 2.05) is 0 Å². The molecule has 1 aliphatic carbocycles. The molecule has 0 amide bonds. The Morgan fingerprint density at radius 1 is 1.35 bits per heavy atom. The van der Waals surface area contributed by atoms with Crippen LogP contribution in [0.3, 0.4) is 0 Å². The second kappa shape index (κ2) is 6.25. The second-order valence-corrected chi connectivity index (χ2v) is 5.97. The van der Waals surface area contributed by atoms with Crippen molar-refractivity contribution in [2.45, 2.75) is 50.9 Å². The summed E-state index contributed by atoms with van der Waals surface area (Å²) in [6, 6.07) is 8.65. The summed E-state index contributed by atoms with van der Waals surface area (Å²) in [7, 11) is 0. The van der Waals surface area contributed by atoms with Crippen LogP contribution < -0.4 is 5.73 Å². The molecule has 0 bridgehead atoms. The first-order chi connectivity index (χ1) is 9.79. The fourth-order valence-electron chi connectivity index (χ4n) is 3.28. The summed E-state index contributed by atoms with van der Waals surface area (Å²) in [5.41, 5.74) is 9.16. The van der Waals surface area contributed by atoms with Gasteiger partial charge in [0.25, 0.3) is 0 Å². The molecule has 1 aromatic rings. The van der Waals surface area contributed by atoms with Crippen molar-refractivity contribution in [3.63, 3.8) is 0 Å². The van der Waals surface area contributed by atoms with Gasteiger partial charge in [0.15, 0.2) is 0 Å². The van der Waals surface area contributed by atoms with E-state index < -0.39 is 0 Å². The molecule has 20 heavy (non-hydrogen) atoms. The van der Waals surface area contributed by atoms with Crippen LogP contribution in [-0.4, -0.2) is 25.4 Å². The maximum Gasteiger partial charge on any atom is 0.0843 e. The van der Waals surface area contributed by atoms with E-state index in [2.05, 4.69) is 31.2 Å². The van der Waals surface area contributed by atoms with E-state index in [-0.39, 0.29) is 18.2 Å². The Morgan fingerprint density at radius 3 is 2.90 bits per heavy atom. The number of rotatable bonds is 6. The van der Waals surface area contributed by atoms with Gasteiger partial charge < -0.3 is 15.2 Å². The van der Waals surface area contributed by atoms with E-state index in [1.54, 1.807) is 0 Å². The third kappa shape index (κ3) is 3.05. The molecular formula is C17H25NO2. The lowest BCUT2D eigenvalue weighted by Crippen LogP contribution is -2.40. The highest BCUT2D eigenvalue weighted by molar-refractivity contribution is 5.31. The number of benzene rings is 1. The predicted octanol–water partition coefficient (Wildman–Crippen LogP) is 2.83. The van der Waals surface area contributed by atoms with Crippen LogP contribution in [0, 0.1) is 5.92 Å². The molecule has 3 unspecified atom stereocenters. The lowest BCUT2D eigenvalue weighted by molar-refractivity contribution is -0.00929. The fraction of sp³-hybridized carbons (Fsp3) is 0.647. The quantitative estimate of drug-likeness (QED) is 0.868. The van der Waals surface area contributed by atoms with Crippen LogP contribution in [-0.2, 0) is 15.9 Å². The molecule has 2 aliphatic rings. The highest BCUT2D eigenvalue weighted by Crippen LogP contribution is 2.38. The second-order valence-electron chi connectivity index (χ2n) is 5.97. The van der Waals surface area contributed by atoms with E-state index in [0.29, 0.717) is 5.92 Å². The summed E-state index contributed by atoms with van der Waals surface area (Å²) >= 11 is 0. The summed E-state index contributed by atoms with van der Waals surface area (Å²) in [5, 5.41) is 0. The molecule has 0 spiro atoms. The molecular weight excluding hydrogens is 250 g/mol. The largest absolute Gasteiger partial charge is 0.377 e. The SMILES string of the molecule is CCOC(C(N)CC1OCCc2ccccc21)C1CC1. The highest BCUT2D eigenvalue weighted by atomic mass is 16.5. The summed E-state index contributed by atoms with van der Waals surface area (Å²) in [5.74, 6) is 0.670. The zero-order chi connectivity index (χ0) is 13.9. The molecule has 3 nitrogen and oxygen atoms in total. The van der Waals surface area contributed by atoms with Crippen LogP contribution >= 0.6 is 0 Å². The first-order valence-electron chi connectivity index (χ1n) is 7.86. The van der Waals surface area contributed by atoms with Gasteiger partial charge in [0.2, 0.25) is 0 Å². The van der Waals surface area contributed by atoms with Crippen LogP contribution in [0.4, 0.5) is 0 Å². The van der Waals surface area contributed by atoms with Crippen molar-refractivity contribution in [3.05, 3.63) is 35.4 Å². The topological polar surface area (TPSA) is 44.5 Å². The molecule has 1 saturated carbocycles. The van der Waals surface area contributed by atoms with E-state index in [9.17, 15) is 0 Å². The Balaban J connectivity index is 1.68. The van der Waals surface area contributed by atoms with Crippen molar-refractivity contribution >= 4 is 0 Å². The van der Waals surface area contributed by atoms with Gasteiger partial charge >= 0.3 is 0 Å². The molecule has 1 aromatic carbocycles. The van der Waals surface area contributed by atoms with Gasteiger partial charge in [-0.25, -0.2) is 0 Å². The van der Waals surface area contributed by atoms with E-state index in [0.717, 1.165) is 26.1 Å². The van der Waals surface area contributed by atoms with Gasteiger partial charge in [0.05, 0.1) is 18.8 Å². The predicted molar refractivity (Wildman–Crippen MR) is 79.6 cm³/mol. The van der Waals surface area contributed by atoms with Crippen molar-refractivity contribution in [1.82, 2.24) is 0 Å². The first kappa shape index (κ1) is 14.1. The zero-order valence-electron chi connectivity index (χ0n) is 12.3. The molecule has 3 heteroatoms. The number of nitrogens with two attached hydrogens (primary N) is 1. The van der Waals surface area contributed by atoms with Crippen molar-refractivity contribution in [3.8, 4) is 0 Å². The molecule has 0 saturated heterocycles. The standard InChI is InChI=1S/C17H25NO2/c1-2-19-17(13-7-8-13)15(18)11-16-14-6-4-3-5-12(14)9-10-20-16/h3-6,13,15-17H,2,7-11,18H2,1H3. The van der Waals surface area contributed by atoms with Crippen LogP contribution in [0.5, 0.6) is 0 Å². The lowest BCUT2D eigenvalue weighted by atomic mass is 9.91. The lowest BCUT2D eigenvalue weighted by Gasteiger charge is -2.31. The molecule has 0 aromatic heterocycles. The third-order valence-electron chi connectivity index (χ3n) is 4.45. The van der Waals surface area contributed by atoms with Gasteiger partial charge in [-0.3, -0.25) is 0 Å². The van der Waals surface area contributed by atoms with Gasteiger partial charge in [0.1, 0.15) is 0 Å². The molecule has 1 fully saturated rings. The number of hydrogen-bond donors (Lipinski definition) is 1. The van der Waals surface area contributed by atoms with Gasteiger partial charge in [-0.15, -0.1) is 0 Å². The molecule has 0 radical (unpaired) electrons. The van der Waals surface area contributed by atoms with Crippen molar-refractivity contribution in [1.29, 1.82) is 0 Å². The number of fused-ring (bicyclic) bond motifs is 1. The normalized spacial score (nSPS) is 25.0. The van der Waals surface area contributed by atoms with Crippen LogP contribution in [0.15, 0.2) is 24.3 Å². The van der Waals surface area contributed by atoms with Gasteiger partial charge in [-0.2, -0.15) is 0 Å². The molecule has 3 atom stereocenters. The minimum absolute atomic E-state index is 0.0682. The fourth-order valence-corrected chi connectivity index (χ4v) is 3.28. The van der Waals surface area contributed by atoms with Gasteiger partial charge in [-0.05, 0) is 49.7 Å². The van der Waals surface area contributed by atoms with Gasteiger partial charge in [0, 0.05) is 12.6 Å². The molecule has 2 N–H and O–H groups in total. The van der Waals surface area contributed by atoms with Crippen molar-refractivity contribution in [2.24, 2.45) is 11.7 Å². The Labute approximate surface area is 121 Å². The van der Waals surface area contributed by atoms with E-state index in [1.165, 1.54) is 24.0 Å². The summed E-state index contributed by atoms with van der Waals surface area (Å²) in [4.78, 5) is 0. The average molecular weight is 275 g/mol.